The predicted octanol–water partition coefficient (Wildman–Crippen LogP) is 1.42. The SMILES string of the molecule is CN(C)COC(=O)c1cccs1. The molecule has 12 heavy (non-hydrogen) atoms. The number of carbonyl (C=O) groups is 1. The Morgan fingerprint density at radius 1 is 1.67 bits per heavy atom. The van der Waals surface area contributed by atoms with Crippen molar-refractivity contribution in [2.45, 2.75) is 0 Å². The molecule has 0 aliphatic carbocycles. The summed E-state index contributed by atoms with van der Waals surface area (Å²) in [6, 6.07) is 3.58. The van der Waals surface area contributed by atoms with E-state index >= 15 is 0 Å². The number of hydrogen-bond acceptors (Lipinski definition) is 4. The number of rotatable bonds is 3. The summed E-state index contributed by atoms with van der Waals surface area (Å²) >= 11 is 1.39. The van der Waals surface area contributed by atoms with Crippen molar-refractivity contribution < 1.29 is 9.53 Å². The number of esters is 1. The first-order valence-electron chi connectivity index (χ1n) is 3.55. The standard InChI is InChI=1S/C8H11NO2S/c1-9(2)6-11-8(10)7-4-3-5-12-7/h3-5H,6H2,1-2H3. The number of carbonyl (C=O) groups excluding carboxylic acids is 1. The Morgan fingerprint density at radius 3 is 2.92 bits per heavy atom. The Kier molecular flexibility index (Phi) is 3.25. The van der Waals surface area contributed by atoms with Gasteiger partial charge in [-0.15, -0.1) is 11.3 Å². The minimum Gasteiger partial charge on any atom is -0.445 e. The maximum absolute atomic E-state index is 11.2. The molecule has 0 amide bonds. The molecule has 0 bridgehead atoms. The molecule has 0 saturated carbocycles. The van der Waals surface area contributed by atoms with E-state index < -0.39 is 0 Å². The summed E-state index contributed by atoms with van der Waals surface area (Å²) in [6.45, 7) is 0.330. The van der Waals surface area contributed by atoms with Crippen molar-refractivity contribution in [1.29, 1.82) is 0 Å². The van der Waals surface area contributed by atoms with Crippen molar-refractivity contribution in [2.24, 2.45) is 0 Å². The molecule has 0 aromatic carbocycles. The van der Waals surface area contributed by atoms with Crippen LogP contribution in [0.4, 0.5) is 0 Å². The minimum absolute atomic E-state index is 0.251. The second-order valence-electron chi connectivity index (χ2n) is 2.62. The van der Waals surface area contributed by atoms with Crippen LogP contribution in [-0.2, 0) is 4.74 Å². The summed E-state index contributed by atoms with van der Waals surface area (Å²) in [6.07, 6.45) is 0. The Balaban J connectivity index is 2.40. The van der Waals surface area contributed by atoms with Gasteiger partial charge in [0, 0.05) is 0 Å². The molecule has 66 valence electrons. The smallest absolute Gasteiger partial charge is 0.349 e. The monoisotopic (exact) mass is 185 g/mol. The molecule has 0 N–H and O–H groups in total. The minimum atomic E-state index is -0.251. The van der Waals surface area contributed by atoms with Gasteiger partial charge in [-0.25, -0.2) is 4.79 Å². The van der Waals surface area contributed by atoms with E-state index in [1.54, 1.807) is 11.0 Å². The molecule has 0 aliphatic rings. The Hall–Kier alpha value is -0.870. The second kappa shape index (κ2) is 4.23. The summed E-state index contributed by atoms with van der Waals surface area (Å²) in [4.78, 5) is 13.6. The molecule has 1 aromatic rings. The molecule has 0 spiro atoms. The van der Waals surface area contributed by atoms with Crippen molar-refractivity contribution in [2.75, 3.05) is 20.8 Å². The largest absolute Gasteiger partial charge is 0.445 e. The first kappa shape index (κ1) is 9.22. The van der Waals surface area contributed by atoms with Crippen molar-refractivity contribution in [3.63, 3.8) is 0 Å². The fourth-order valence-electron chi connectivity index (χ4n) is 0.654. The fourth-order valence-corrected chi connectivity index (χ4v) is 1.27. The lowest BCUT2D eigenvalue weighted by atomic mass is 10.5. The van der Waals surface area contributed by atoms with E-state index in [-0.39, 0.29) is 5.97 Å². The zero-order valence-electron chi connectivity index (χ0n) is 7.11. The van der Waals surface area contributed by atoms with Crippen molar-refractivity contribution in [3.05, 3.63) is 22.4 Å². The lowest BCUT2D eigenvalue weighted by molar-refractivity contribution is 0.0325. The molecule has 4 heteroatoms. The first-order valence-corrected chi connectivity index (χ1v) is 4.43. The molecule has 3 nitrogen and oxygen atoms in total. The van der Waals surface area contributed by atoms with Crippen LogP contribution in [0.15, 0.2) is 17.5 Å². The fraction of sp³-hybridized carbons (Fsp3) is 0.375. The van der Waals surface area contributed by atoms with Gasteiger partial charge in [0.05, 0.1) is 0 Å². The highest BCUT2D eigenvalue weighted by Gasteiger charge is 2.06. The highest BCUT2D eigenvalue weighted by Crippen LogP contribution is 2.09. The van der Waals surface area contributed by atoms with Gasteiger partial charge >= 0.3 is 5.97 Å². The summed E-state index contributed by atoms with van der Waals surface area (Å²) in [5.74, 6) is -0.251. The van der Waals surface area contributed by atoms with Crippen LogP contribution in [0.1, 0.15) is 9.67 Å². The van der Waals surface area contributed by atoms with Gasteiger partial charge in [0.25, 0.3) is 0 Å². The average Bonchev–Trinajstić information content (AvgIpc) is 2.51. The number of hydrogen-bond donors (Lipinski definition) is 0. The highest BCUT2D eigenvalue weighted by atomic mass is 32.1. The lowest BCUT2D eigenvalue weighted by Gasteiger charge is -2.08. The highest BCUT2D eigenvalue weighted by molar-refractivity contribution is 7.11. The Labute approximate surface area is 75.6 Å². The van der Waals surface area contributed by atoms with E-state index in [9.17, 15) is 4.79 Å². The summed E-state index contributed by atoms with van der Waals surface area (Å²) in [5, 5.41) is 1.85. The van der Waals surface area contributed by atoms with Crippen LogP contribution in [0.25, 0.3) is 0 Å². The third kappa shape index (κ3) is 2.64. The van der Waals surface area contributed by atoms with Crippen LogP contribution in [0.5, 0.6) is 0 Å². The average molecular weight is 185 g/mol. The molecule has 1 rings (SSSR count). The van der Waals surface area contributed by atoms with Gasteiger partial charge in [0.1, 0.15) is 11.6 Å². The zero-order valence-corrected chi connectivity index (χ0v) is 7.93. The third-order valence-corrected chi connectivity index (χ3v) is 2.03. The van der Waals surface area contributed by atoms with E-state index in [4.69, 9.17) is 4.74 Å². The van der Waals surface area contributed by atoms with Crippen molar-refractivity contribution >= 4 is 17.3 Å². The summed E-state index contributed by atoms with van der Waals surface area (Å²) < 4.78 is 4.95. The molecule has 0 radical (unpaired) electrons. The molecule has 0 unspecified atom stereocenters. The molecule has 1 heterocycles. The van der Waals surface area contributed by atoms with Crippen LogP contribution >= 0.6 is 11.3 Å². The van der Waals surface area contributed by atoms with Gasteiger partial charge in [-0.3, -0.25) is 4.90 Å². The van der Waals surface area contributed by atoms with Crippen molar-refractivity contribution in [3.8, 4) is 0 Å². The number of nitrogens with zero attached hydrogens (tertiary/aromatic N) is 1. The van der Waals surface area contributed by atoms with Crippen LogP contribution < -0.4 is 0 Å². The van der Waals surface area contributed by atoms with Gasteiger partial charge in [0.15, 0.2) is 0 Å². The maximum Gasteiger partial charge on any atom is 0.349 e. The van der Waals surface area contributed by atoms with E-state index in [0.717, 1.165) is 0 Å². The molecule has 1 aromatic heterocycles. The maximum atomic E-state index is 11.2. The topological polar surface area (TPSA) is 29.5 Å². The van der Waals surface area contributed by atoms with E-state index in [2.05, 4.69) is 0 Å². The quantitative estimate of drug-likeness (QED) is 0.527. The molecular formula is C8H11NO2S. The normalized spacial score (nSPS) is 10.2. The first-order chi connectivity index (χ1) is 5.70. The summed E-state index contributed by atoms with van der Waals surface area (Å²) in [5.41, 5.74) is 0. The molecule has 0 aliphatic heterocycles. The molecular weight excluding hydrogens is 174 g/mol. The van der Waals surface area contributed by atoms with Crippen LogP contribution in [-0.4, -0.2) is 31.7 Å². The van der Waals surface area contributed by atoms with Crippen LogP contribution in [0.2, 0.25) is 0 Å². The van der Waals surface area contributed by atoms with Crippen molar-refractivity contribution in [1.82, 2.24) is 4.90 Å². The molecule has 0 fully saturated rings. The van der Waals surface area contributed by atoms with Gasteiger partial charge in [0.2, 0.25) is 0 Å². The van der Waals surface area contributed by atoms with E-state index in [1.807, 2.05) is 25.5 Å². The Bertz CT molecular complexity index is 244. The number of thiophene rings is 1. The van der Waals surface area contributed by atoms with Gasteiger partial charge < -0.3 is 4.74 Å². The van der Waals surface area contributed by atoms with Gasteiger partial charge in [-0.05, 0) is 25.5 Å². The third-order valence-electron chi connectivity index (χ3n) is 1.18. The van der Waals surface area contributed by atoms with Gasteiger partial charge in [-0.2, -0.15) is 0 Å². The van der Waals surface area contributed by atoms with Crippen LogP contribution in [0.3, 0.4) is 0 Å². The van der Waals surface area contributed by atoms with Crippen LogP contribution in [0, 0.1) is 0 Å². The molecule has 0 atom stereocenters. The zero-order chi connectivity index (χ0) is 8.97. The second-order valence-corrected chi connectivity index (χ2v) is 3.57. The molecule has 0 saturated heterocycles. The lowest BCUT2D eigenvalue weighted by Crippen LogP contribution is -2.18. The van der Waals surface area contributed by atoms with Gasteiger partial charge in [-0.1, -0.05) is 6.07 Å². The Morgan fingerprint density at radius 2 is 2.42 bits per heavy atom. The van der Waals surface area contributed by atoms with E-state index in [1.165, 1.54) is 11.3 Å². The van der Waals surface area contributed by atoms with E-state index in [0.29, 0.717) is 11.6 Å². The number of ether oxygens (including phenoxy) is 1. The predicted molar refractivity (Wildman–Crippen MR) is 48.3 cm³/mol. The summed E-state index contributed by atoms with van der Waals surface area (Å²) in [7, 11) is 3.70.